The second-order valence-corrected chi connectivity index (χ2v) is 20.3. The fourth-order valence-corrected chi connectivity index (χ4v) is 11.4. The highest BCUT2D eigenvalue weighted by Crippen LogP contribution is 2.44. The summed E-state index contributed by atoms with van der Waals surface area (Å²) in [6.45, 7) is 18.5. The van der Waals surface area contributed by atoms with Crippen LogP contribution in [0.25, 0.3) is 45.2 Å². The van der Waals surface area contributed by atoms with Gasteiger partial charge in [0.15, 0.2) is 34.5 Å². The van der Waals surface area contributed by atoms with E-state index in [-0.39, 0.29) is 23.8 Å². The summed E-state index contributed by atoms with van der Waals surface area (Å²) in [7, 11) is 0. The van der Waals surface area contributed by atoms with Crippen molar-refractivity contribution in [3.63, 3.8) is 0 Å². The number of carbonyl (C=O) groups is 2. The van der Waals surface area contributed by atoms with E-state index < -0.39 is 12.2 Å². The number of aliphatic hydroxyl groups is 2. The SMILES string of the molecule is CCOC(=O)[C@H]1CCCN(C[C@@H](O)c2ccc3c(c2)CCc2c-3noc2-c2ccc(OCC)c(OCC)c2)C1.CCOC(=O)[C@H]1CCCN(C[C@H](O)c2ccc3c(c2)CCc2c-3noc2-c2ccc(OCC)c(OCC)c2)C1. The van der Waals surface area contributed by atoms with Gasteiger partial charge in [0.2, 0.25) is 0 Å². The third kappa shape index (κ3) is 12.7. The van der Waals surface area contributed by atoms with Crippen molar-refractivity contribution in [3.05, 3.63) is 106 Å². The smallest absolute Gasteiger partial charge is 0.310 e. The fraction of sp³-hybridized carbons (Fsp3) is 0.484. The molecule has 4 heterocycles. The summed E-state index contributed by atoms with van der Waals surface area (Å²) in [4.78, 5) is 28.7. The standard InChI is InChI=1S/2C31H38N2O6/c2*1-4-36-27-14-11-22(17-28(27)37-5-2)30-25-13-9-20-16-21(10-12-24(20)29(25)32-39-30)26(34)19-33-15-7-8-23(18-33)31(35)38-6-3/h2*10-12,14,16-17,23,26,34H,4-9,13,15,18-19H2,1-3H3/t23-,26+;23-,26-/m00/s1. The number of aromatic nitrogens is 2. The van der Waals surface area contributed by atoms with Gasteiger partial charge < -0.3 is 47.7 Å². The van der Waals surface area contributed by atoms with Gasteiger partial charge in [-0.2, -0.15) is 0 Å². The van der Waals surface area contributed by atoms with Crippen LogP contribution in [-0.2, 0) is 44.7 Å². The third-order valence-electron chi connectivity index (χ3n) is 15.1. The number of piperidine rings is 2. The second kappa shape index (κ2) is 26.3. The second-order valence-electron chi connectivity index (χ2n) is 20.3. The average Bonchev–Trinajstić information content (AvgIpc) is 4.14. The van der Waals surface area contributed by atoms with Gasteiger partial charge in [0.1, 0.15) is 11.4 Å². The van der Waals surface area contributed by atoms with Crippen molar-refractivity contribution in [1.29, 1.82) is 0 Å². The Bertz CT molecular complexity index is 2800. The van der Waals surface area contributed by atoms with Gasteiger partial charge in [-0.3, -0.25) is 19.4 Å². The molecule has 4 atom stereocenters. The quantitative estimate of drug-likeness (QED) is 0.0687. The minimum absolute atomic E-state index is 0.116. The van der Waals surface area contributed by atoms with Gasteiger partial charge in [-0.05, 0) is 165 Å². The van der Waals surface area contributed by atoms with Crippen molar-refractivity contribution in [1.82, 2.24) is 20.1 Å². The molecule has 16 nitrogen and oxygen atoms in total. The van der Waals surface area contributed by atoms with Crippen LogP contribution in [0.5, 0.6) is 23.0 Å². The zero-order valence-electron chi connectivity index (χ0n) is 46.1. The molecule has 6 aromatic rings. The number of β-amino-alcohol motifs (C(OH)–C–C–N with tert-alkyl or cyclic N) is 2. The molecule has 2 N–H and O–H groups in total. The molecule has 0 radical (unpaired) electrons. The van der Waals surface area contributed by atoms with Gasteiger partial charge >= 0.3 is 11.9 Å². The molecule has 2 fully saturated rings. The molecule has 10 rings (SSSR count). The first-order chi connectivity index (χ1) is 38.0. The minimum atomic E-state index is -0.633. The predicted octanol–water partition coefficient (Wildman–Crippen LogP) is 10.4. The number of nitrogens with zero attached hydrogens (tertiary/aromatic N) is 4. The van der Waals surface area contributed by atoms with E-state index in [1.807, 2.05) is 102 Å². The van der Waals surface area contributed by atoms with Crippen molar-refractivity contribution >= 4 is 11.9 Å². The molecule has 4 aliphatic rings. The first-order valence-corrected chi connectivity index (χ1v) is 28.2. The van der Waals surface area contributed by atoms with Crippen LogP contribution in [-0.4, -0.2) is 121 Å². The Kier molecular flexibility index (Phi) is 18.9. The van der Waals surface area contributed by atoms with E-state index in [2.05, 4.69) is 32.2 Å². The molecule has 2 saturated heterocycles. The maximum atomic E-state index is 12.2. The molecule has 16 heteroatoms. The molecular weight excluding hydrogens is 993 g/mol. The normalized spacial score (nSPS) is 17.7. The van der Waals surface area contributed by atoms with E-state index in [0.717, 1.165) is 143 Å². The first-order valence-electron chi connectivity index (χ1n) is 28.2. The summed E-state index contributed by atoms with van der Waals surface area (Å²) in [5.74, 6) is 3.83. The van der Waals surface area contributed by atoms with Gasteiger partial charge in [0.05, 0.1) is 63.7 Å². The Hall–Kier alpha value is -6.72. The molecule has 416 valence electrons. The largest absolute Gasteiger partial charge is 0.490 e. The van der Waals surface area contributed by atoms with Gasteiger partial charge in [-0.15, -0.1) is 0 Å². The Labute approximate surface area is 457 Å². The highest BCUT2D eigenvalue weighted by atomic mass is 16.5. The number of carbonyl (C=O) groups excluding carboxylic acids is 2. The van der Waals surface area contributed by atoms with Gasteiger partial charge in [-0.1, -0.05) is 46.7 Å². The lowest BCUT2D eigenvalue weighted by atomic mass is 9.86. The monoisotopic (exact) mass is 1070 g/mol. The highest BCUT2D eigenvalue weighted by molar-refractivity contribution is 5.79. The summed E-state index contributed by atoms with van der Waals surface area (Å²) in [6, 6.07) is 23.9. The zero-order valence-corrected chi connectivity index (χ0v) is 46.1. The Morgan fingerprint density at radius 2 is 0.949 bits per heavy atom. The van der Waals surface area contributed by atoms with Crippen molar-refractivity contribution in [2.75, 3.05) is 78.9 Å². The van der Waals surface area contributed by atoms with Crippen LogP contribution in [0.3, 0.4) is 0 Å². The average molecular weight is 1070 g/mol. The van der Waals surface area contributed by atoms with Crippen molar-refractivity contribution in [3.8, 4) is 68.2 Å². The van der Waals surface area contributed by atoms with E-state index in [1.165, 1.54) is 0 Å². The number of hydrogen-bond donors (Lipinski definition) is 2. The van der Waals surface area contributed by atoms with Crippen LogP contribution in [0.4, 0.5) is 0 Å². The minimum Gasteiger partial charge on any atom is -0.490 e. The fourth-order valence-electron chi connectivity index (χ4n) is 11.4. The molecule has 2 aliphatic carbocycles. The molecule has 4 aromatic carbocycles. The molecule has 0 saturated carbocycles. The van der Waals surface area contributed by atoms with Gasteiger partial charge in [0, 0.05) is 59.6 Å². The van der Waals surface area contributed by atoms with E-state index in [1.54, 1.807) is 0 Å². The molecule has 0 unspecified atom stereocenters. The number of benzene rings is 4. The molecular formula is C62H76N4O12. The summed E-state index contributed by atoms with van der Waals surface area (Å²) in [6.07, 6.45) is 5.54. The van der Waals surface area contributed by atoms with Gasteiger partial charge in [-0.25, -0.2) is 0 Å². The molecule has 0 spiro atoms. The topological polar surface area (TPSA) is 189 Å². The summed E-state index contributed by atoms with van der Waals surface area (Å²) >= 11 is 0. The lowest BCUT2D eigenvalue weighted by molar-refractivity contribution is -0.151. The number of esters is 2. The number of fused-ring (bicyclic) bond motifs is 6. The van der Waals surface area contributed by atoms with Crippen LogP contribution in [0.2, 0.25) is 0 Å². The Balaban J connectivity index is 0.000000190. The van der Waals surface area contributed by atoms with Crippen LogP contribution >= 0.6 is 0 Å². The van der Waals surface area contributed by atoms with E-state index in [4.69, 9.17) is 37.5 Å². The van der Waals surface area contributed by atoms with E-state index >= 15 is 0 Å². The predicted molar refractivity (Wildman–Crippen MR) is 296 cm³/mol. The molecule has 2 aliphatic heterocycles. The van der Waals surface area contributed by atoms with Crippen molar-refractivity contribution in [2.45, 2.75) is 105 Å². The number of aryl methyl sites for hydroxylation is 2. The van der Waals surface area contributed by atoms with Crippen LogP contribution in [0.15, 0.2) is 81.8 Å². The maximum Gasteiger partial charge on any atom is 0.310 e. The number of ether oxygens (including phenoxy) is 6. The van der Waals surface area contributed by atoms with Crippen LogP contribution in [0, 0.1) is 11.8 Å². The van der Waals surface area contributed by atoms with E-state index in [0.29, 0.717) is 88.8 Å². The number of aliphatic hydroxyl groups excluding tert-OH is 2. The highest BCUT2D eigenvalue weighted by Gasteiger charge is 2.32. The van der Waals surface area contributed by atoms with Crippen molar-refractivity contribution < 1.29 is 57.3 Å². The molecule has 78 heavy (non-hydrogen) atoms. The number of hydrogen-bond acceptors (Lipinski definition) is 16. The lowest BCUT2D eigenvalue weighted by Gasteiger charge is -2.33. The Morgan fingerprint density at radius 3 is 1.35 bits per heavy atom. The first kappa shape index (κ1) is 56.0. The molecule has 0 bridgehead atoms. The molecule has 0 amide bonds. The summed E-state index contributed by atoms with van der Waals surface area (Å²) in [5, 5.41) is 31.0. The lowest BCUT2D eigenvalue weighted by Crippen LogP contribution is -2.41. The zero-order chi connectivity index (χ0) is 54.7. The Morgan fingerprint density at radius 1 is 0.538 bits per heavy atom. The van der Waals surface area contributed by atoms with Crippen molar-refractivity contribution in [2.24, 2.45) is 11.8 Å². The maximum absolute atomic E-state index is 12.2. The van der Waals surface area contributed by atoms with Gasteiger partial charge in [0.25, 0.3) is 0 Å². The van der Waals surface area contributed by atoms with Crippen LogP contribution in [0.1, 0.15) is 113 Å². The van der Waals surface area contributed by atoms with Crippen LogP contribution < -0.4 is 18.9 Å². The summed E-state index contributed by atoms with van der Waals surface area (Å²) in [5.41, 5.74) is 11.9. The molecule has 2 aromatic heterocycles. The number of likely N-dealkylation sites (tertiary alicyclic amines) is 2. The third-order valence-corrected chi connectivity index (χ3v) is 15.1. The summed E-state index contributed by atoms with van der Waals surface area (Å²) < 4.78 is 45.2. The number of rotatable bonds is 20. The van der Waals surface area contributed by atoms with E-state index in [9.17, 15) is 19.8 Å².